The number of hydrogen-bond acceptors (Lipinski definition) is 24. The highest BCUT2D eigenvalue weighted by atomic mass is 32.1. The fourth-order valence-electron chi connectivity index (χ4n) is 10.1. The fourth-order valence-corrected chi connectivity index (χ4v) is 10.8. The minimum absolute atomic E-state index is 0.0143. The van der Waals surface area contributed by atoms with Gasteiger partial charge in [0.25, 0.3) is 0 Å². The normalized spacial score (nSPS) is 15.0. The summed E-state index contributed by atoms with van der Waals surface area (Å²) in [6, 6.07) is -19.2. The van der Waals surface area contributed by atoms with Crippen LogP contribution in [0.2, 0.25) is 0 Å². The van der Waals surface area contributed by atoms with Gasteiger partial charge in [-0.1, -0.05) is 61.8 Å². The number of H-pyrrole nitrogens is 1. The zero-order chi connectivity index (χ0) is 82.2. The molecule has 0 saturated carbocycles. The molecule has 0 fully saturated rings. The van der Waals surface area contributed by atoms with Crippen molar-refractivity contribution >= 4 is 144 Å². The SMILES string of the molecule is CC[C@H](C)[C@H](NC(=O)[C@H](CS)NC(=O)[C@H](CCCCN)NC(=O)[C@H](CCCNC(=N)N)NC(=O)[C@@H](NC(=O)[C@@H](NC(=O)[C@H](Cc1c[nH]cn1)NC(=O)[C@H](CS)NC(=O)CNC(=O)[C@H](CC(N)=O)NC(=O)[C@@H](N)CCC(N)=O)C(C)C)C(C)C)C(=O)N[C@@H](CCC(=O)O)C(=O)N[C@@H](CS)C(=O)N[C@H](C(=O)O)C(C)C. The summed E-state index contributed by atoms with van der Waals surface area (Å²) in [4.78, 5) is 234. The van der Waals surface area contributed by atoms with Crippen LogP contribution in [0.5, 0.6) is 0 Å². The highest BCUT2D eigenvalue weighted by Crippen LogP contribution is 2.15. The molecule has 0 aliphatic carbocycles. The molecule has 0 aromatic carbocycles. The van der Waals surface area contributed by atoms with Gasteiger partial charge in [-0.25, -0.2) is 9.78 Å². The van der Waals surface area contributed by atoms with E-state index in [-0.39, 0.29) is 81.7 Å². The second-order valence-corrected chi connectivity index (χ2v) is 27.6. The minimum atomic E-state index is -1.63. The zero-order valence-electron chi connectivity index (χ0n) is 61.7. The topological polar surface area (TPSA) is 682 Å². The first-order chi connectivity index (χ1) is 50.7. The van der Waals surface area contributed by atoms with Gasteiger partial charge in [0.1, 0.15) is 72.5 Å². The van der Waals surface area contributed by atoms with E-state index < -0.39 is 240 Å². The highest BCUT2D eigenvalue weighted by molar-refractivity contribution is 7.80. The molecule has 0 aliphatic rings. The molecule has 608 valence electrons. The number of amides is 15. The summed E-state index contributed by atoms with van der Waals surface area (Å²) in [5.41, 5.74) is 27.7. The summed E-state index contributed by atoms with van der Waals surface area (Å²) in [6.07, 6.45) is 0.676. The summed E-state index contributed by atoms with van der Waals surface area (Å²) < 4.78 is 0. The zero-order valence-corrected chi connectivity index (χ0v) is 64.4. The molecule has 0 unspecified atom stereocenters. The number of nitrogens with zero attached hydrogens (tertiary/aromatic N) is 1. The Bertz CT molecular complexity index is 3250. The van der Waals surface area contributed by atoms with Crippen molar-refractivity contribution in [2.45, 2.75) is 211 Å². The third kappa shape index (κ3) is 35.9. The maximum atomic E-state index is 14.6. The van der Waals surface area contributed by atoms with E-state index in [1.54, 1.807) is 41.5 Å². The average molecular weight is 1590 g/mol. The number of nitrogens with one attached hydrogen (secondary N) is 16. The van der Waals surface area contributed by atoms with Crippen LogP contribution in [0.4, 0.5) is 0 Å². The number of thiol groups is 3. The van der Waals surface area contributed by atoms with Crippen molar-refractivity contribution in [3.8, 4) is 0 Å². The van der Waals surface area contributed by atoms with Crippen molar-refractivity contribution < 1.29 is 91.7 Å². The number of imidazole rings is 1. The van der Waals surface area contributed by atoms with Gasteiger partial charge in [-0.05, 0) is 75.2 Å². The first-order valence-electron chi connectivity index (χ1n) is 34.9. The number of hydrogen-bond donors (Lipinski definition) is 26. The molecular formula is C64H110N22O19S3. The van der Waals surface area contributed by atoms with Crippen molar-refractivity contribution in [3.63, 3.8) is 0 Å². The first-order valence-corrected chi connectivity index (χ1v) is 36.8. The molecule has 0 spiro atoms. The third-order valence-corrected chi connectivity index (χ3v) is 17.7. The van der Waals surface area contributed by atoms with Gasteiger partial charge < -0.3 is 118 Å². The molecule has 1 aromatic rings. The van der Waals surface area contributed by atoms with Crippen molar-refractivity contribution in [1.29, 1.82) is 5.41 Å². The standard InChI is InChI=1S/C64H110N22O19S3/c1-9-32(8)50(62(103)78-37(16-18-46(90)91)55(96)82-41(26-107)58(99)85-49(31(6)7)63(104)105)86-59(100)42(27-108)81-54(95)35(13-10-11-19-65)76-53(94)36(14-12-20-72-64(69)70)77-60(101)47(29(2)3)84-61(102)48(30(4)5)83-56(97)38(21-33-23-71-28-74-33)80-57(98)40(25-106)75-45(89)24-73-52(93)39(22-44(68)88)79-51(92)34(66)15-17-43(67)87/h23,28-32,34-42,47-50,106-108H,9-22,24-27,65-66H2,1-8H3,(H2,67,87)(H2,68,88)(H,71,74)(H,73,93)(H,75,89)(H,76,94)(H,77,101)(H,78,103)(H,79,92)(H,80,98)(H,81,95)(H,82,96)(H,83,97)(H,84,102)(H,85,99)(H,86,100)(H,90,91)(H,104,105)(H4,69,70,72)/t32-,34-,35-,36-,37-,38-,39-,40-,41-,42-,47-,48-,49-,50-/m0/s1. The smallest absolute Gasteiger partial charge is 0.326 e. The number of carboxylic acids is 2. The Balaban J connectivity index is 3.55. The molecule has 15 amide bonds. The Hall–Kier alpha value is -9.56. The van der Waals surface area contributed by atoms with Gasteiger partial charge in [-0.3, -0.25) is 82.1 Å². The number of nitrogens with two attached hydrogens (primary N) is 5. The molecule has 0 aliphatic heterocycles. The van der Waals surface area contributed by atoms with E-state index in [2.05, 4.69) is 122 Å². The van der Waals surface area contributed by atoms with Gasteiger partial charge in [-0.15, -0.1) is 0 Å². The number of primary amides is 2. The van der Waals surface area contributed by atoms with Gasteiger partial charge in [0, 0.05) is 49.3 Å². The number of unbranched alkanes of at least 4 members (excludes halogenated alkanes) is 1. The van der Waals surface area contributed by atoms with E-state index >= 15 is 0 Å². The lowest BCUT2D eigenvalue weighted by molar-refractivity contribution is -0.143. The van der Waals surface area contributed by atoms with Crippen LogP contribution in [0.25, 0.3) is 0 Å². The van der Waals surface area contributed by atoms with E-state index in [0.29, 0.717) is 6.42 Å². The fraction of sp³-hybridized carbons (Fsp3) is 0.672. The number of carbonyl (C=O) groups excluding carboxylic acids is 15. The molecule has 1 aromatic heterocycles. The van der Waals surface area contributed by atoms with Gasteiger partial charge in [-0.2, -0.15) is 37.9 Å². The van der Waals surface area contributed by atoms with Crippen LogP contribution in [-0.2, 0) is 87.9 Å². The van der Waals surface area contributed by atoms with Crippen LogP contribution in [-0.4, -0.2) is 242 Å². The first kappa shape index (κ1) is 96.5. The molecule has 28 N–H and O–H groups in total. The highest BCUT2D eigenvalue weighted by Gasteiger charge is 2.39. The maximum Gasteiger partial charge on any atom is 0.326 e. The number of aromatic amines is 1. The third-order valence-electron chi connectivity index (χ3n) is 16.6. The predicted octanol–water partition coefficient (Wildman–Crippen LogP) is -7.50. The molecule has 0 saturated heterocycles. The number of rotatable bonds is 53. The summed E-state index contributed by atoms with van der Waals surface area (Å²) in [5.74, 6) is -21.3. The lowest BCUT2D eigenvalue weighted by Crippen LogP contribution is -2.62. The average Bonchev–Trinajstić information content (AvgIpc) is 0.994. The van der Waals surface area contributed by atoms with Crippen LogP contribution in [0.15, 0.2) is 12.5 Å². The van der Waals surface area contributed by atoms with Crippen LogP contribution >= 0.6 is 37.9 Å². The number of carboxylic acid groups (broad SMARTS) is 2. The lowest BCUT2D eigenvalue weighted by Gasteiger charge is -2.30. The summed E-state index contributed by atoms with van der Waals surface area (Å²) >= 11 is 12.6. The molecule has 41 nitrogen and oxygen atoms in total. The van der Waals surface area contributed by atoms with E-state index in [1.165, 1.54) is 26.4 Å². The van der Waals surface area contributed by atoms with E-state index in [1.807, 2.05) is 0 Å². The summed E-state index contributed by atoms with van der Waals surface area (Å²) in [5, 5.41) is 61.5. The number of aliphatic carboxylic acids is 2. The van der Waals surface area contributed by atoms with Gasteiger partial charge in [0.05, 0.1) is 31.0 Å². The van der Waals surface area contributed by atoms with Crippen LogP contribution < -0.4 is 103 Å². The second-order valence-electron chi connectivity index (χ2n) is 26.5. The maximum absolute atomic E-state index is 14.6. The Morgan fingerprint density at radius 1 is 0.472 bits per heavy atom. The molecule has 1 rings (SSSR count). The van der Waals surface area contributed by atoms with Crippen molar-refractivity contribution in [2.24, 2.45) is 52.3 Å². The van der Waals surface area contributed by atoms with Crippen LogP contribution in [0, 0.1) is 29.1 Å². The van der Waals surface area contributed by atoms with Gasteiger partial charge >= 0.3 is 11.9 Å². The van der Waals surface area contributed by atoms with Crippen molar-refractivity contribution in [1.82, 2.24) is 84.4 Å². The number of guanidine groups is 1. The van der Waals surface area contributed by atoms with Gasteiger partial charge in [0.15, 0.2) is 5.96 Å². The monoisotopic (exact) mass is 1590 g/mol. The molecule has 0 radical (unpaired) electrons. The Labute approximate surface area is 641 Å². The van der Waals surface area contributed by atoms with Gasteiger partial charge in [0.2, 0.25) is 88.6 Å². The number of carbonyl (C=O) groups is 17. The molecule has 108 heavy (non-hydrogen) atoms. The second kappa shape index (κ2) is 50.1. The molecule has 0 bridgehead atoms. The molecule has 1 heterocycles. The predicted molar refractivity (Wildman–Crippen MR) is 401 cm³/mol. The van der Waals surface area contributed by atoms with E-state index in [4.69, 9.17) is 34.1 Å². The Morgan fingerprint density at radius 3 is 1.34 bits per heavy atom. The Kier molecular flexibility index (Phi) is 44.8. The quantitative estimate of drug-likeness (QED) is 0.0125. The number of aromatic nitrogens is 2. The van der Waals surface area contributed by atoms with Crippen molar-refractivity contribution in [3.05, 3.63) is 18.2 Å². The van der Waals surface area contributed by atoms with Crippen LogP contribution in [0.1, 0.15) is 132 Å². The summed E-state index contributed by atoms with van der Waals surface area (Å²) in [7, 11) is 0. The largest absolute Gasteiger partial charge is 0.481 e. The van der Waals surface area contributed by atoms with E-state index in [0.717, 1.165) is 0 Å². The van der Waals surface area contributed by atoms with Crippen molar-refractivity contribution in [2.75, 3.05) is 36.9 Å². The minimum Gasteiger partial charge on any atom is -0.481 e. The lowest BCUT2D eigenvalue weighted by atomic mass is 9.97. The summed E-state index contributed by atoms with van der Waals surface area (Å²) in [6.45, 7) is 11.9. The van der Waals surface area contributed by atoms with Crippen LogP contribution in [0.3, 0.4) is 0 Å². The van der Waals surface area contributed by atoms with E-state index in [9.17, 15) is 91.7 Å². The molecular weight excluding hydrogens is 1480 g/mol. The molecule has 14 atom stereocenters. The Morgan fingerprint density at radius 2 is 0.889 bits per heavy atom. The molecule has 44 heteroatoms.